The van der Waals surface area contributed by atoms with Crippen LogP contribution in [-0.2, 0) is 9.59 Å². The van der Waals surface area contributed by atoms with Gasteiger partial charge in [0.1, 0.15) is 4.60 Å². The van der Waals surface area contributed by atoms with Gasteiger partial charge in [0.25, 0.3) is 0 Å². The third-order valence-electron chi connectivity index (χ3n) is 3.40. The van der Waals surface area contributed by atoms with Crippen molar-refractivity contribution in [2.75, 3.05) is 5.32 Å². The van der Waals surface area contributed by atoms with Crippen molar-refractivity contribution in [2.45, 2.75) is 19.8 Å². The van der Waals surface area contributed by atoms with Crippen LogP contribution in [0.2, 0.25) is 0 Å². The van der Waals surface area contributed by atoms with Crippen LogP contribution in [0, 0.1) is 18.8 Å². The van der Waals surface area contributed by atoms with E-state index in [0.29, 0.717) is 28.8 Å². The minimum absolute atomic E-state index is 0.269. The van der Waals surface area contributed by atoms with E-state index in [1.54, 1.807) is 19.1 Å². The number of amides is 1. The number of aromatic nitrogens is 1. The normalized spacial score (nSPS) is 21.5. The third-order valence-corrected chi connectivity index (χ3v) is 3.84. The monoisotopic (exact) mass is 338 g/mol. The van der Waals surface area contributed by atoms with Crippen molar-refractivity contribution in [1.29, 1.82) is 0 Å². The summed E-state index contributed by atoms with van der Waals surface area (Å²) in [5, 5.41) is 12.0. The van der Waals surface area contributed by atoms with Gasteiger partial charge in [-0.2, -0.15) is 0 Å². The summed E-state index contributed by atoms with van der Waals surface area (Å²) < 4.78 is 0.692. The van der Waals surface area contributed by atoms with Gasteiger partial charge in [0, 0.05) is 0 Å². The Morgan fingerprint density at radius 3 is 2.55 bits per heavy atom. The Labute approximate surface area is 125 Å². The zero-order valence-electron chi connectivity index (χ0n) is 11.0. The number of carbonyl (C=O) groups is 2. The molecule has 1 heterocycles. The van der Waals surface area contributed by atoms with Crippen LogP contribution in [0.4, 0.5) is 5.69 Å². The second-order valence-corrected chi connectivity index (χ2v) is 5.56. The summed E-state index contributed by atoms with van der Waals surface area (Å²) in [6, 6.07) is 3.48. The van der Waals surface area contributed by atoms with Crippen LogP contribution in [0.25, 0.3) is 0 Å². The molecule has 1 aromatic rings. The number of carboxylic acids is 1. The number of nitrogens with one attached hydrogen (secondary N) is 1. The van der Waals surface area contributed by atoms with Crippen molar-refractivity contribution in [3.8, 4) is 0 Å². The average Bonchev–Trinajstić information content (AvgIpc) is 2.41. The van der Waals surface area contributed by atoms with Gasteiger partial charge >= 0.3 is 5.97 Å². The van der Waals surface area contributed by atoms with Crippen LogP contribution in [0.3, 0.4) is 0 Å². The lowest BCUT2D eigenvalue weighted by Gasteiger charge is -2.24. The first-order valence-corrected chi connectivity index (χ1v) is 7.10. The Bertz CT molecular complexity index is 572. The highest BCUT2D eigenvalue weighted by Gasteiger charge is 2.34. The van der Waals surface area contributed by atoms with E-state index in [0.717, 1.165) is 0 Å². The zero-order chi connectivity index (χ0) is 14.7. The standard InChI is InChI=1S/C14H15BrN2O3/c1-8-11(6-7-12(15)16-8)17-13(18)9-4-2-3-5-10(9)14(19)20/h2-3,6-7,9-10H,4-5H2,1H3,(H,17,18)(H,19,20). The number of nitrogens with zero attached hydrogens (tertiary/aromatic N) is 1. The Hall–Kier alpha value is -1.69. The van der Waals surface area contributed by atoms with E-state index in [2.05, 4.69) is 26.2 Å². The number of hydrogen-bond donors (Lipinski definition) is 2. The molecular formula is C14H15BrN2O3. The van der Waals surface area contributed by atoms with Crippen LogP contribution in [0.1, 0.15) is 18.5 Å². The van der Waals surface area contributed by atoms with Gasteiger partial charge in [-0.05, 0) is 47.8 Å². The van der Waals surface area contributed by atoms with Gasteiger partial charge in [-0.3, -0.25) is 9.59 Å². The van der Waals surface area contributed by atoms with Crippen LogP contribution in [0.15, 0.2) is 28.9 Å². The highest BCUT2D eigenvalue weighted by Crippen LogP contribution is 2.27. The molecule has 0 radical (unpaired) electrons. The molecule has 0 saturated heterocycles. The number of aryl methyl sites for hydroxylation is 1. The van der Waals surface area contributed by atoms with Crippen molar-refractivity contribution < 1.29 is 14.7 Å². The summed E-state index contributed by atoms with van der Waals surface area (Å²) in [5.41, 5.74) is 1.29. The summed E-state index contributed by atoms with van der Waals surface area (Å²) in [6.07, 6.45) is 4.52. The van der Waals surface area contributed by atoms with E-state index in [4.69, 9.17) is 0 Å². The average molecular weight is 339 g/mol. The molecule has 2 N–H and O–H groups in total. The first-order chi connectivity index (χ1) is 9.49. The van der Waals surface area contributed by atoms with E-state index in [1.165, 1.54) is 0 Å². The molecule has 0 aliphatic heterocycles. The molecule has 5 nitrogen and oxygen atoms in total. The Kier molecular flexibility index (Phi) is 4.54. The molecule has 1 amide bonds. The van der Waals surface area contributed by atoms with Crippen LogP contribution in [-0.4, -0.2) is 22.0 Å². The van der Waals surface area contributed by atoms with Crippen molar-refractivity contribution in [3.63, 3.8) is 0 Å². The van der Waals surface area contributed by atoms with E-state index in [1.807, 2.05) is 12.2 Å². The second-order valence-electron chi connectivity index (χ2n) is 4.75. The van der Waals surface area contributed by atoms with Gasteiger partial charge in [0.15, 0.2) is 0 Å². The van der Waals surface area contributed by atoms with E-state index in [9.17, 15) is 14.7 Å². The molecule has 6 heteroatoms. The molecule has 2 unspecified atom stereocenters. The number of carboxylic acid groups (broad SMARTS) is 1. The first kappa shape index (κ1) is 14.7. The fourth-order valence-corrected chi connectivity index (χ4v) is 2.66. The summed E-state index contributed by atoms with van der Waals surface area (Å²) in [4.78, 5) is 27.7. The largest absolute Gasteiger partial charge is 0.481 e. The molecule has 0 saturated carbocycles. The van der Waals surface area contributed by atoms with Crippen LogP contribution >= 0.6 is 15.9 Å². The van der Waals surface area contributed by atoms with Crippen molar-refractivity contribution >= 4 is 33.5 Å². The SMILES string of the molecule is Cc1nc(Br)ccc1NC(=O)C1CC=CCC1C(=O)O. The lowest BCUT2D eigenvalue weighted by atomic mass is 9.82. The fraction of sp³-hybridized carbons (Fsp3) is 0.357. The molecule has 1 aliphatic rings. The lowest BCUT2D eigenvalue weighted by molar-refractivity contribution is -0.146. The summed E-state index contributed by atoms with van der Waals surface area (Å²) in [6.45, 7) is 1.79. The predicted molar refractivity (Wildman–Crippen MR) is 78.3 cm³/mol. The molecule has 2 rings (SSSR count). The number of allylic oxidation sites excluding steroid dienone is 2. The molecule has 2 atom stereocenters. The molecule has 0 fully saturated rings. The van der Waals surface area contributed by atoms with Crippen molar-refractivity contribution in [2.24, 2.45) is 11.8 Å². The maximum Gasteiger partial charge on any atom is 0.307 e. The third kappa shape index (κ3) is 3.25. The van der Waals surface area contributed by atoms with Gasteiger partial charge in [0.05, 0.1) is 23.2 Å². The minimum Gasteiger partial charge on any atom is -0.481 e. The summed E-state index contributed by atoms with van der Waals surface area (Å²) >= 11 is 3.26. The van der Waals surface area contributed by atoms with Gasteiger partial charge in [-0.1, -0.05) is 12.2 Å². The lowest BCUT2D eigenvalue weighted by Crippen LogP contribution is -2.34. The topological polar surface area (TPSA) is 79.3 Å². The molecule has 1 aliphatic carbocycles. The van der Waals surface area contributed by atoms with Gasteiger partial charge in [-0.15, -0.1) is 0 Å². The fourth-order valence-electron chi connectivity index (χ4n) is 2.26. The number of carbonyl (C=O) groups excluding carboxylic acids is 1. The van der Waals surface area contributed by atoms with Crippen LogP contribution < -0.4 is 5.32 Å². The predicted octanol–water partition coefficient (Wildman–Crippen LogP) is 2.76. The summed E-state index contributed by atoms with van der Waals surface area (Å²) in [5.74, 6) is -2.40. The molecule has 0 spiro atoms. The molecule has 1 aromatic heterocycles. The maximum absolute atomic E-state index is 12.3. The van der Waals surface area contributed by atoms with Gasteiger partial charge < -0.3 is 10.4 Å². The van der Waals surface area contributed by atoms with Crippen LogP contribution in [0.5, 0.6) is 0 Å². The number of halogens is 1. The summed E-state index contributed by atoms with van der Waals surface area (Å²) in [7, 11) is 0. The van der Waals surface area contributed by atoms with E-state index in [-0.39, 0.29) is 5.91 Å². The van der Waals surface area contributed by atoms with Crippen molar-refractivity contribution in [1.82, 2.24) is 4.98 Å². The highest BCUT2D eigenvalue weighted by molar-refractivity contribution is 9.10. The first-order valence-electron chi connectivity index (χ1n) is 6.31. The highest BCUT2D eigenvalue weighted by atomic mass is 79.9. The Balaban J connectivity index is 2.14. The molecule has 20 heavy (non-hydrogen) atoms. The van der Waals surface area contributed by atoms with Gasteiger partial charge in [-0.25, -0.2) is 4.98 Å². The maximum atomic E-state index is 12.3. The van der Waals surface area contributed by atoms with Crippen molar-refractivity contribution in [3.05, 3.63) is 34.6 Å². The Morgan fingerprint density at radius 1 is 1.30 bits per heavy atom. The van der Waals surface area contributed by atoms with E-state index < -0.39 is 17.8 Å². The molecule has 0 bridgehead atoms. The quantitative estimate of drug-likeness (QED) is 0.656. The van der Waals surface area contributed by atoms with E-state index >= 15 is 0 Å². The molecular weight excluding hydrogens is 324 g/mol. The molecule has 0 aromatic carbocycles. The number of pyridine rings is 1. The number of rotatable bonds is 3. The number of hydrogen-bond acceptors (Lipinski definition) is 3. The zero-order valence-corrected chi connectivity index (χ0v) is 12.6. The second kappa shape index (κ2) is 6.17. The smallest absolute Gasteiger partial charge is 0.307 e. The van der Waals surface area contributed by atoms with Gasteiger partial charge in [0.2, 0.25) is 5.91 Å². The number of aliphatic carboxylic acids is 1. The number of anilines is 1. The minimum atomic E-state index is -0.930. The Morgan fingerprint density at radius 2 is 1.95 bits per heavy atom. The molecule has 106 valence electrons.